The van der Waals surface area contributed by atoms with Crippen molar-refractivity contribution in [3.63, 3.8) is 0 Å². The third-order valence-corrected chi connectivity index (χ3v) is 6.88. The van der Waals surface area contributed by atoms with Crippen LogP contribution in [0.2, 0.25) is 0 Å². The molecule has 2 aromatic rings. The Hall–Kier alpha value is -2.43. The van der Waals surface area contributed by atoms with Gasteiger partial charge in [0.05, 0.1) is 0 Å². The summed E-state index contributed by atoms with van der Waals surface area (Å²) in [4.78, 5) is 20.1. The molecule has 4 nitrogen and oxygen atoms in total. The van der Waals surface area contributed by atoms with Crippen molar-refractivity contribution >= 4 is 12.0 Å². The molecule has 0 atom stereocenters. The van der Waals surface area contributed by atoms with E-state index in [0.717, 1.165) is 71.6 Å². The molecule has 0 aliphatic carbocycles. The molecule has 2 fully saturated rings. The Morgan fingerprint density at radius 1 is 0.812 bits per heavy atom. The van der Waals surface area contributed by atoms with E-state index in [1.54, 1.807) is 0 Å². The zero-order valence-electron chi connectivity index (χ0n) is 19.2. The first-order valence-electron chi connectivity index (χ1n) is 12.3. The minimum absolute atomic E-state index is 0.227. The van der Waals surface area contributed by atoms with Gasteiger partial charge in [-0.15, -0.1) is 0 Å². The summed E-state index contributed by atoms with van der Waals surface area (Å²) in [5.74, 6) is 0.623. The Labute approximate surface area is 193 Å². The van der Waals surface area contributed by atoms with E-state index in [0.29, 0.717) is 5.91 Å². The molecule has 0 bridgehead atoms. The number of carbonyl (C=O) groups is 1. The SMILES string of the molecule is O=C(C1CCN(CCCc2ccccc2)CC1)N1CCN(CC=Cc2ccccc2)CC1. The van der Waals surface area contributed by atoms with Crippen molar-refractivity contribution in [1.82, 2.24) is 14.7 Å². The van der Waals surface area contributed by atoms with Crippen LogP contribution < -0.4 is 0 Å². The van der Waals surface area contributed by atoms with Crippen LogP contribution in [0, 0.1) is 5.92 Å². The van der Waals surface area contributed by atoms with Gasteiger partial charge in [0.25, 0.3) is 0 Å². The van der Waals surface area contributed by atoms with Crippen LogP contribution in [0.15, 0.2) is 66.7 Å². The van der Waals surface area contributed by atoms with Crippen molar-refractivity contribution in [3.05, 3.63) is 77.9 Å². The second kappa shape index (κ2) is 12.0. The van der Waals surface area contributed by atoms with Crippen LogP contribution in [0.25, 0.3) is 6.08 Å². The number of hydrogen-bond acceptors (Lipinski definition) is 3. The fraction of sp³-hybridized carbons (Fsp3) is 0.464. The average Bonchev–Trinajstić information content (AvgIpc) is 2.86. The Bertz CT molecular complexity index is 835. The average molecular weight is 432 g/mol. The van der Waals surface area contributed by atoms with Gasteiger partial charge in [-0.05, 0) is 56.4 Å². The summed E-state index contributed by atoms with van der Waals surface area (Å²) in [6.45, 7) is 7.92. The first-order valence-corrected chi connectivity index (χ1v) is 12.3. The van der Waals surface area contributed by atoms with Crippen molar-refractivity contribution in [1.29, 1.82) is 0 Å². The molecular formula is C28H37N3O. The van der Waals surface area contributed by atoms with E-state index in [9.17, 15) is 4.79 Å². The lowest BCUT2D eigenvalue weighted by atomic mass is 9.94. The van der Waals surface area contributed by atoms with Gasteiger partial charge >= 0.3 is 0 Å². The zero-order chi connectivity index (χ0) is 22.0. The first kappa shape index (κ1) is 22.8. The second-order valence-corrected chi connectivity index (χ2v) is 9.14. The van der Waals surface area contributed by atoms with Gasteiger partial charge in [-0.3, -0.25) is 9.69 Å². The lowest BCUT2D eigenvalue weighted by molar-refractivity contribution is -0.138. The number of nitrogens with zero attached hydrogens (tertiary/aromatic N) is 3. The van der Waals surface area contributed by atoms with E-state index >= 15 is 0 Å². The summed E-state index contributed by atoms with van der Waals surface area (Å²) >= 11 is 0. The maximum Gasteiger partial charge on any atom is 0.225 e. The van der Waals surface area contributed by atoms with E-state index in [4.69, 9.17) is 0 Å². The molecule has 2 aromatic carbocycles. The molecule has 0 N–H and O–H groups in total. The number of likely N-dealkylation sites (tertiary alicyclic amines) is 1. The Balaban J connectivity index is 1.12. The zero-order valence-corrected chi connectivity index (χ0v) is 19.2. The van der Waals surface area contributed by atoms with Crippen LogP contribution in [-0.4, -0.2) is 73.0 Å². The van der Waals surface area contributed by atoms with Gasteiger partial charge in [0, 0.05) is 38.6 Å². The molecule has 2 aliphatic rings. The van der Waals surface area contributed by atoms with Crippen LogP contribution >= 0.6 is 0 Å². The van der Waals surface area contributed by atoms with Gasteiger partial charge in [-0.1, -0.05) is 72.8 Å². The maximum absolute atomic E-state index is 13.0. The summed E-state index contributed by atoms with van der Waals surface area (Å²) in [7, 11) is 0. The van der Waals surface area contributed by atoms with Crippen molar-refractivity contribution in [2.75, 3.05) is 52.4 Å². The first-order chi connectivity index (χ1) is 15.8. The molecular weight excluding hydrogens is 394 g/mol. The molecule has 0 aromatic heterocycles. The quantitative estimate of drug-likeness (QED) is 0.627. The number of carbonyl (C=O) groups excluding carboxylic acids is 1. The predicted molar refractivity (Wildman–Crippen MR) is 132 cm³/mol. The van der Waals surface area contributed by atoms with Crippen molar-refractivity contribution in [3.8, 4) is 0 Å². The fourth-order valence-corrected chi connectivity index (χ4v) is 4.87. The van der Waals surface area contributed by atoms with Crippen molar-refractivity contribution in [2.45, 2.75) is 25.7 Å². The van der Waals surface area contributed by atoms with Gasteiger partial charge in [0.1, 0.15) is 0 Å². The Morgan fingerprint density at radius 3 is 2.16 bits per heavy atom. The summed E-state index contributed by atoms with van der Waals surface area (Å²) in [6, 6.07) is 21.2. The van der Waals surface area contributed by atoms with Gasteiger partial charge in [-0.2, -0.15) is 0 Å². The second-order valence-electron chi connectivity index (χ2n) is 9.14. The Kier molecular flexibility index (Phi) is 8.52. The lowest BCUT2D eigenvalue weighted by Gasteiger charge is -2.38. The normalized spacial score (nSPS) is 18.9. The smallest absolute Gasteiger partial charge is 0.225 e. The van der Waals surface area contributed by atoms with E-state index in [1.807, 2.05) is 6.07 Å². The lowest BCUT2D eigenvalue weighted by Crippen LogP contribution is -2.51. The van der Waals surface area contributed by atoms with Gasteiger partial charge in [0.15, 0.2) is 0 Å². The number of hydrogen-bond donors (Lipinski definition) is 0. The number of amides is 1. The molecule has 4 rings (SSSR count). The summed E-state index contributed by atoms with van der Waals surface area (Å²) in [5, 5.41) is 0. The van der Waals surface area contributed by atoms with E-state index in [2.05, 4.69) is 81.4 Å². The van der Waals surface area contributed by atoms with Crippen LogP contribution in [0.1, 0.15) is 30.4 Å². The third kappa shape index (κ3) is 6.78. The van der Waals surface area contributed by atoms with Crippen LogP contribution in [-0.2, 0) is 11.2 Å². The topological polar surface area (TPSA) is 26.8 Å². The van der Waals surface area contributed by atoms with Crippen molar-refractivity contribution in [2.24, 2.45) is 5.92 Å². The molecule has 2 aliphatic heterocycles. The molecule has 4 heteroatoms. The summed E-state index contributed by atoms with van der Waals surface area (Å²) < 4.78 is 0. The number of benzene rings is 2. The van der Waals surface area contributed by atoms with E-state index in [-0.39, 0.29) is 5.92 Å². The Morgan fingerprint density at radius 2 is 1.47 bits per heavy atom. The standard InChI is InChI=1S/C28H37N3O/c32-28(27-15-19-29(20-16-27)17-7-13-25-9-3-1-4-10-25)31-23-21-30(22-24-31)18-8-14-26-11-5-2-6-12-26/h1-6,8-12,14,27H,7,13,15-24H2. The van der Waals surface area contributed by atoms with E-state index < -0.39 is 0 Å². The summed E-state index contributed by atoms with van der Waals surface area (Å²) in [6.07, 6.45) is 8.80. The number of piperazine rings is 1. The van der Waals surface area contributed by atoms with Crippen LogP contribution in [0.5, 0.6) is 0 Å². The van der Waals surface area contributed by atoms with Gasteiger partial charge in [0.2, 0.25) is 5.91 Å². The van der Waals surface area contributed by atoms with Crippen LogP contribution in [0.4, 0.5) is 0 Å². The van der Waals surface area contributed by atoms with Crippen LogP contribution in [0.3, 0.4) is 0 Å². The van der Waals surface area contributed by atoms with Crippen molar-refractivity contribution < 1.29 is 4.79 Å². The minimum Gasteiger partial charge on any atom is -0.340 e. The molecule has 0 radical (unpaired) electrons. The molecule has 0 spiro atoms. The highest BCUT2D eigenvalue weighted by molar-refractivity contribution is 5.79. The molecule has 2 saturated heterocycles. The summed E-state index contributed by atoms with van der Waals surface area (Å²) in [5.41, 5.74) is 2.67. The molecule has 0 saturated carbocycles. The highest BCUT2D eigenvalue weighted by atomic mass is 16.2. The number of piperidine rings is 1. The monoisotopic (exact) mass is 431 g/mol. The molecule has 1 amide bonds. The molecule has 0 unspecified atom stereocenters. The fourth-order valence-electron chi connectivity index (χ4n) is 4.87. The molecule has 170 valence electrons. The largest absolute Gasteiger partial charge is 0.340 e. The maximum atomic E-state index is 13.0. The third-order valence-electron chi connectivity index (χ3n) is 6.88. The highest BCUT2D eigenvalue weighted by Crippen LogP contribution is 2.21. The molecule has 32 heavy (non-hydrogen) atoms. The highest BCUT2D eigenvalue weighted by Gasteiger charge is 2.30. The predicted octanol–water partition coefficient (Wildman–Crippen LogP) is 4.19. The minimum atomic E-state index is 0.227. The molecule has 2 heterocycles. The number of rotatable bonds is 8. The van der Waals surface area contributed by atoms with Gasteiger partial charge < -0.3 is 9.80 Å². The van der Waals surface area contributed by atoms with Gasteiger partial charge in [-0.25, -0.2) is 0 Å². The number of aryl methyl sites for hydroxylation is 1. The van der Waals surface area contributed by atoms with E-state index in [1.165, 1.54) is 17.5 Å².